The maximum absolute atomic E-state index is 6.45. The second-order valence-corrected chi connectivity index (χ2v) is 12.1. The summed E-state index contributed by atoms with van der Waals surface area (Å²) >= 11 is 0. The van der Waals surface area contributed by atoms with Gasteiger partial charge < -0.3 is 14.2 Å². The van der Waals surface area contributed by atoms with E-state index >= 15 is 0 Å². The minimum absolute atomic E-state index is 0.197. The lowest BCUT2D eigenvalue weighted by molar-refractivity contribution is 0.00578. The van der Waals surface area contributed by atoms with Crippen LogP contribution in [0.5, 0.6) is 0 Å². The highest BCUT2D eigenvalue weighted by atomic mass is 16.7. The van der Waals surface area contributed by atoms with Gasteiger partial charge >= 0.3 is 7.12 Å². The van der Waals surface area contributed by atoms with Crippen molar-refractivity contribution in [3.8, 4) is 22.3 Å². The molecule has 7 rings (SSSR count). The lowest BCUT2D eigenvalue weighted by Crippen LogP contribution is -2.41. The Labute approximate surface area is 237 Å². The normalized spacial score (nSPS) is 21.9. The second-order valence-electron chi connectivity index (χ2n) is 12.1. The van der Waals surface area contributed by atoms with Gasteiger partial charge in [0.1, 0.15) is 0 Å². The molecule has 0 amide bonds. The van der Waals surface area contributed by atoms with Crippen LogP contribution >= 0.6 is 0 Å². The van der Waals surface area contributed by atoms with Gasteiger partial charge in [-0.1, -0.05) is 97.1 Å². The molecule has 4 aromatic rings. The molecule has 4 heteroatoms. The predicted molar refractivity (Wildman–Crippen MR) is 166 cm³/mol. The zero-order valence-corrected chi connectivity index (χ0v) is 23.5. The number of rotatable bonds is 4. The molecule has 2 unspecified atom stereocenters. The molecule has 0 aromatic heterocycles. The van der Waals surface area contributed by atoms with Crippen LogP contribution in [0, 0.1) is 0 Å². The van der Waals surface area contributed by atoms with E-state index in [1.54, 1.807) is 0 Å². The van der Waals surface area contributed by atoms with E-state index in [4.69, 9.17) is 9.31 Å². The molecule has 3 aliphatic rings. The monoisotopic (exact) mass is 523 g/mol. The van der Waals surface area contributed by atoms with E-state index in [1.165, 1.54) is 39.2 Å². The first-order valence-corrected chi connectivity index (χ1v) is 14.2. The molecule has 2 heterocycles. The van der Waals surface area contributed by atoms with Crippen molar-refractivity contribution in [2.24, 2.45) is 0 Å². The molecule has 0 saturated carbocycles. The topological polar surface area (TPSA) is 21.7 Å². The minimum Gasteiger partial charge on any atom is -0.399 e. The van der Waals surface area contributed by atoms with Crippen LogP contribution < -0.4 is 10.4 Å². The third kappa shape index (κ3) is 4.14. The first kappa shape index (κ1) is 25.1. The minimum atomic E-state index is -0.401. The Bertz CT molecular complexity index is 1550. The van der Waals surface area contributed by atoms with Gasteiger partial charge in [0.2, 0.25) is 0 Å². The van der Waals surface area contributed by atoms with Gasteiger partial charge in [-0.15, -0.1) is 0 Å². The van der Waals surface area contributed by atoms with E-state index in [0.717, 1.165) is 5.46 Å². The summed E-state index contributed by atoms with van der Waals surface area (Å²) in [4.78, 5) is 2.51. The fourth-order valence-corrected chi connectivity index (χ4v) is 6.12. The number of anilines is 2. The smallest absolute Gasteiger partial charge is 0.399 e. The van der Waals surface area contributed by atoms with E-state index in [1.807, 2.05) is 0 Å². The van der Waals surface area contributed by atoms with Crippen LogP contribution in [0.25, 0.3) is 22.3 Å². The zero-order valence-electron chi connectivity index (χ0n) is 23.5. The van der Waals surface area contributed by atoms with Crippen LogP contribution in [0.2, 0.25) is 0 Å². The van der Waals surface area contributed by atoms with Crippen molar-refractivity contribution in [3.05, 3.63) is 127 Å². The average molecular weight is 523 g/mol. The predicted octanol–water partition coefficient (Wildman–Crippen LogP) is 8.05. The van der Waals surface area contributed by atoms with E-state index in [2.05, 4.69) is 154 Å². The van der Waals surface area contributed by atoms with Gasteiger partial charge in [0.05, 0.1) is 17.2 Å². The van der Waals surface area contributed by atoms with Crippen molar-refractivity contribution in [1.82, 2.24) is 0 Å². The molecule has 1 aliphatic carbocycles. The lowest BCUT2D eigenvalue weighted by Gasteiger charge is -2.32. The number of benzene rings is 4. The highest BCUT2D eigenvalue weighted by Gasteiger charge is 2.52. The highest BCUT2D eigenvalue weighted by molar-refractivity contribution is 6.62. The standard InChI is InChI=1S/C36H34BNO2/c1-35(2)36(3,4)40-37(39-35)29-19-20-32-31-17-11-12-18-33(31)38(34(32)24-29)30-22-27(25-13-7-5-8-14-25)21-28(23-30)26-15-9-6-10-16-26/h5-24,31,33H,1-4H3. The lowest BCUT2D eigenvalue weighted by atomic mass is 9.78. The first-order chi connectivity index (χ1) is 19.3. The van der Waals surface area contributed by atoms with Crippen LogP contribution in [0.3, 0.4) is 0 Å². The quantitative estimate of drug-likeness (QED) is 0.253. The molecule has 40 heavy (non-hydrogen) atoms. The SMILES string of the molecule is CC1(C)OB(c2ccc3c(c2)N(c2cc(-c4ccccc4)cc(-c4ccccc4)c2)C2C=CC=CC32)OC1(C)C. The average Bonchev–Trinajstić information content (AvgIpc) is 3.42. The van der Waals surface area contributed by atoms with Crippen molar-refractivity contribution in [3.63, 3.8) is 0 Å². The Hall–Kier alpha value is -3.86. The van der Waals surface area contributed by atoms with Crippen molar-refractivity contribution >= 4 is 24.0 Å². The molecule has 0 radical (unpaired) electrons. The summed E-state index contributed by atoms with van der Waals surface area (Å²) in [5.74, 6) is 0.285. The molecule has 2 aliphatic heterocycles. The summed E-state index contributed by atoms with van der Waals surface area (Å²) in [6.45, 7) is 8.43. The molecule has 1 saturated heterocycles. The van der Waals surface area contributed by atoms with E-state index in [0.29, 0.717) is 0 Å². The summed E-state index contributed by atoms with van der Waals surface area (Å²) in [6.07, 6.45) is 9.01. The summed E-state index contributed by atoms with van der Waals surface area (Å²) in [5.41, 5.74) is 8.84. The van der Waals surface area contributed by atoms with Gasteiger partial charge in [-0.05, 0) is 85.2 Å². The van der Waals surface area contributed by atoms with Gasteiger partial charge in [0.15, 0.2) is 0 Å². The molecule has 4 aromatic carbocycles. The zero-order chi connectivity index (χ0) is 27.5. The number of hydrogen-bond donors (Lipinski definition) is 0. The van der Waals surface area contributed by atoms with E-state index in [-0.39, 0.29) is 23.2 Å². The van der Waals surface area contributed by atoms with Crippen LogP contribution in [0.15, 0.2) is 121 Å². The molecule has 2 atom stereocenters. The van der Waals surface area contributed by atoms with Crippen LogP contribution in [-0.4, -0.2) is 24.4 Å². The van der Waals surface area contributed by atoms with E-state index < -0.39 is 7.12 Å². The third-order valence-electron chi connectivity index (χ3n) is 9.01. The van der Waals surface area contributed by atoms with Crippen LogP contribution in [0.1, 0.15) is 39.2 Å². The first-order valence-electron chi connectivity index (χ1n) is 14.2. The van der Waals surface area contributed by atoms with Gasteiger partial charge in [-0.2, -0.15) is 0 Å². The number of nitrogens with zero attached hydrogens (tertiary/aromatic N) is 1. The Morgan fingerprint density at radius 3 is 1.80 bits per heavy atom. The van der Waals surface area contributed by atoms with Gasteiger partial charge in [0.25, 0.3) is 0 Å². The fraction of sp³-hybridized carbons (Fsp3) is 0.222. The molecular weight excluding hydrogens is 489 g/mol. The fourth-order valence-electron chi connectivity index (χ4n) is 6.12. The maximum atomic E-state index is 6.45. The van der Waals surface area contributed by atoms with Crippen molar-refractivity contribution < 1.29 is 9.31 Å². The largest absolute Gasteiger partial charge is 0.494 e. The molecule has 198 valence electrons. The Balaban J connectivity index is 1.39. The molecule has 3 nitrogen and oxygen atoms in total. The number of allylic oxidation sites excluding steroid dienone is 2. The van der Waals surface area contributed by atoms with Crippen LogP contribution in [-0.2, 0) is 9.31 Å². The van der Waals surface area contributed by atoms with Crippen molar-refractivity contribution in [2.45, 2.75) is 50.9 Å². The summed E-state index contributed by atoms with van der Waals surface area (Å²) < 4.78 is 12.9. The number of fused-ring (bicyclic) bond motifs is 3. The second kappa shape index (κ2) is 9.37. The third-order valence-corrected chi connectivity index (χ3v) is 9.01. The summed E-state index contributed by atoms with van der Waals surface area (Å²) in [5, 5.41) is 0. The van der Waals surface area contributed by atoms with Gasteiger partial charge in [-0.25, -0.2) is 0 Å². The Kier molecular flexibility index (Phi) is 5.88. The number of hydrogen-bond acceptors (Lipinski definition) is 3. The molecule has 1 fully saturated rings. The molecule has 0 N–H and O–H groups in total. The highest BCUT2D eigenvalue weighted by Crippen LogP contribution is 2.49. The Morgan fingerprint density at radius 2 is 1.20 bits per heavy atom. The maximum Gasteiger partial charge on any atom is 0.494 e. The van der Waals surface area contributed by atoms with Gasteiger partial charge in [0, 0.05) is 17.3 Å². The molecule has 0 bridgehead atoms. The van der Waals surface area contributed by atoms with Crippen molar-refractivity contribution in [2.75, 3.05) is 4.90 Å². The molecular formula is C36H34BNO2. The summed E-state index contributed by atoms with van der Waals surface area (Å²) in [6, 6.07) is 35.2. The van der Waals surface area contributed by atoms with Gasteiger partial charge in [-0.3, -0.25) is 0 Å². The van der Waals surface area contributed by atoms with E-state index in [9.17, 15) is 0 Å². The Morgan fingerprint density at radius 1 is 0.625 bits per heavy atom. The van der Waals surface area contributed by atoms with Crippen LogP contribution in [0.4, 0.5) is 11.4 Å². The molecule has 0 spiro atoms. The summed E-state index contributed by atoms with van der Waals surface area (Å²) in [7, 11) is -0.401. The van der Waals surface area contributed by atoms with Crippen molar-refractivity contribution in [1.29, 1.82) is 0 Å².